The molecule has 6 nitrogen and oxygen atoms in total. The minimum absolute atomic E-state index is 0.0690. The highest BCUT2D eigenvalue weighted by Crippen LogP contribution is 2.37. The van der Waals surface area contributed by atoms with E-state index in [4.69, 9.17) is 0 Å². The van der Waals surface area contributed by atoms with Gasteiger partial charge in [-0.15, -0.1) is 0 Å². The highest BCUT2D eigenvalue weighted by molar-refractivity contribution is 5.81. The lowest BCUT2D eigenvalue weighted by Gasteiger charge is -2.36. The van der Waals surface area contributed by atoms with Gasteiger partial charge < -0.3 is 14.8 Å². The number of anilines is 1. The molecule has 2 aromatic rings. The molecule has 0 saturated heterocycles. The van der Waals surface area contributed by atoms with Crippen LogP contribution in [-0.4, -0.2) is 35.6 Å². The van der Waals surface area contributed by atoms with E-state index in [-0.39, 0.29) is 29.3 Å². The molecule has 4 rings (SSSR count). The fraction of sp³-hybridized carbons (Fsp3) is 0.640. The molecule has 0 bridgehead atoms. The molecule has 2 aromatic heterocycles. The third kappa shape index (κ3) is 4.48. The standard InChI is InChI=1S/C25H36N4O2/c1-16-10-11-19(27-24(30)17-8-6-5-7-9-17)13-20(16)21-12-18-15-26-23(28(2)3)14-22(18)29(4)25(21)31/h12,14-17,19-20H,5-11,13H2,1-4H3,(H,27,30). The van der Waals surface area contributed by atoms with Crippen molar-refractivity contribution in [2.75, 3.05) is 19.0 Å². The summed E-state index contributed by atoms with van der Waals surface area (Å²) in [6.45, 7) is 2.24. The van der Waals surface area contributed by atoms with Gasteiger partial charge in [0.2, 0.25) is 5.91 Å². The molecule has 2 aliphatic carbocycles. The number of nitrogens with one attached hydrogen (secondary N) is 1. The van der Waals surface area contributed by atoms with E-state index < -0.39 is 0 Å². The van der Waals surface area contributed by atoms with Crippen LogP contribution in [0.25, 0.3) is 10.9 Å². The predicted molar refractivity (Wildman–Crippen MR) is 126 cm³/mol. The SMILES string of the molecule is CC1CCC(NC(=O)C2CCCCC2)CC1c1cc2cnc(N(C)C)cc2n(C)c1=O. The Bertz CT molecular complexity index is 1010. The van der Waals surface area contributed by atoms with E-state index in [1.165, 1.54) is 19.3 Å². The second kappa shape index (κ2) is 9.01. The van der Waals surface area contributed by atoms with Crippen molar-refractivity contribution in [1.82, 2.24) is 14.9 Å². The summed E-state index contributed by atoms with van der Waals surface area (Å²) in [5.41, 5.74) is 1.83. The zero-order valence-corrected chi connectivity index (χ0v) is 19.4. The molecule has 2 fully saturated rings. The van der Waals surface area contributed by atoms with Gasteiger partial charge in [-0.25, -0.2) is 4.98 Å². The smallest absolute Gasteiger partial charge is 0.254 e. The molecular formula is C25H36N4O2. The number of pyridine rings is 2. The quantitative estimate of drug-likeness (QED) is 0.807. The minimum Gasteiger partial charge on any atom is -0.363 e. The van der Waals surface area contributed by atoms with Crippen molar-refractivity contribution in [2.24, 2.45) is 18.9 Å². The summed E-state index contributed by atoms with van der Waals surface area (Å²) in [6, 6.07) is 4.17. The number of rotatable bonds is 4. The van der Waals surface area contributed by atoms with Crippen LogP contribution >= 0.6 is 0 Å². The number of amides is 1. The highest BCUT2D eigenvalue weighted by atomic mass is 16.2. The lowest BCUT2D eigenvalue weighted by atomic mass is 9.74. The van der Waals surface area contributed by atoms with Gasteiger partial charge in [-0.05, 0) is 50.0 Å². The zero-order chi connectivity index (χ0) is 22.1. The minimum atomic E-state index is 0.0690. The van der Waals surface area contributed by atoms with Gasteiger partial charge in [0.25, 0.3) is 5.56 Å². The topological polar surface area (TPSA) is 67.2 Å². The van der Waals surface area contributed by atoms with E-state index in [1.807, 2.05) is 44.4 Å². The Morgan fingerprint density at radius 2 is 1.87 bits per heavy atom. The van der Waals surface area contributed by atoms with Crippen LogP contribution in [0.5, 0.6) is 0 Å². The molecule has 168 valence electrons. The average molecular weight is 425 g/mol. The van der Waals surface area contributed by atoms with Crippen LogP contribution in [0.1, 0.15) is 69.8 Å². The number of hydrogen-bond donors (Lipinski definition) is 1. The fourth-order valence-corrected chi connectivity index (χ4v) is 5.46. The number of aryl methyl sites for hydroxylation is 1. The Hall–Kier alpha value is -2.37. The third-order valence-electron chi connectivity index (χ3n) is 7.50. The van der Waals surface area contributed by atoms with Gasteiger partial charge in [-0.1, -0.05) is 26.2 Å². The predicted octanol–water partition coefficient (Wildman–Crippen LogP) is 3.97. The van der Waals surface area contributed by atoms with E-state index in [0.717, 1.165) is 54.4 Å². The molecule has 0 aliphatic heterocycles. The largest absolute Gasteiger partial charge is 0.363 e. The lowest BCUT2D eigenvalue weighted by Crippen LogP contribution is -2.43. The summed E-state index contributed by atoms with van der Waals surface area (Å²) in [5, 5.41) is 4.32. The zero-order valence-electron chi connectivity index (χ0n) is 19.4. The van der Waals surface area contributed by atoms with Gasteiger partial charge in [0.05, 0.1) is 5.52 Å². The van der Waals surface area contributed by atoms with Crippen molar-refractivity contribution >= 4 is 22.6 Å². The van der Waals surface area contributed by atoms with Crippen LogP contribution in [0.2, 0.25) is 0 Å². The normalized spacial score (nSPS) is 24.8. The Labute approximate surface area is 185 Å². The highest BCUT2D eigenvalue weighted by Gasteiger charge is 2.33. The van der Waals surface area contributed by atoms with Crippen LogP contribution in [0.3, 0.4) is 0 Å². The number of carbonyl (C=O) groups excluding carboxylic acids is 1. The molecule has 0 spiro atoms. The molecule has 1 N–H and O–H groups in total. The van der Waals surface area contributed by atoms with E-state index in [2.05, 4.69) is 17.2 Å². The second-order valence-electron chi connectivity index (χ2n) is 9.90. The van der Waals surface area contributed by atoms with E-state index >= 15 is 0 Å². The first-order valence-corrected chi connectivity index (χ1v) is 11.8. The van der Waals surface area contributed by atoms with Crippen molar-refractivity contribution < 1.29 is 4.79 Å². The van der Waals surface area contributed by atoms with Gasteiger partial charge in [0.15, 0.2) is 0 Å². The molecule has 6 heteroatoms. The number of carbonyl (C=O) groups is 1. The monoisotopic (exact) mass is 424 g/mol. The molecule has 3 atom stereocenters. The fourth-order valence-electron chi connectivity index (χ4n) is 5.46. The number of nitrogens with zero attached hydrogens (tertiary/aromatic N) is 3. The van der Waals surface area contributed by atoms with Crippen LogP contribution in [-0.2, 0) is 11.8 Å². The maximum atomic E-state index is 13.3. The van der Waals surface area contributed by atoms with Gasteiger partial charge >= 0.3 is 0 Å². The van der Waals surface area contributed by atoms with Crippen molar-refractivity contribution in [2.45, 2.75) is 70.3 Å². The summed E-state index contributed by atoms with van der Waals surface area (Å²) >= 11 is 0. The van der Waals surface area contributed by atoms with Gasteiger partial charge in [0.1, 0.15) is 5.82 Å². The molecule has 0 radical (unpaired) electrons. The first-order chi connectivity index (χ1) is 14.8. The number of aromatic nitrogens is 2. The summed E-state index contributed by atoms with van der Waals surface area (Å²) in [6.07, 6.45) is 10.3. The lowest BCUT2D eigenvalue weighted by molar-refractivity contribution is -0.127. The maximum Gasteiger partial charge on any atom is 0.254 e. The molecule has 0 aromatic carbocycles. The van der Waals surface area contributed by atoms with E-state index in [9.17, 15) is 9.59 Å². The second-order valence-corrected chi connectivity index (χ2v) is 9.90. The first-order valence-electron chi connectivity index (χ1n) is 11.8. The summed E-state index contributed by atoms with van der Waals surface area (Å²) in [7, 11) is 5.75. The number of hydrogen-bond acceptors (Lipinski definition) is 4. The van der Waals surface area contributed by atoms with Crippen LogP contribution in [0.4, 0.5) is 5.82 Å². The average Bonchev–Trinajstić information content (AvgIpc) is 2.78. The van der Waals surface area contributed by atoms with Crippen molar-refractivity contribution in [1.29, 1.82) is 0 Å². The Balaban J connectivity index is 1.58. The van der Waals surface area contributed by atoms with E-state index in [1.54, 1.807) is 4.57 Å². The molecular weight excluding hydrogens is 388 g/mol. The van der Waals surface area contributed by atoms with Crippen LogP contribution in [0.15, 0.2) is 23.1 Å². The van der Waals surface area contributed by atoms with Gasteiger partial charge in [0, 0.05) is 56.3 Å². The molecule has 31 heavy (non-hydrogen) atoms. The van der Waals surface area contributed by atoms with E-state index in [0.29, 0.717) is 5.92 Å². The van der Waals surface area contributed by atoms with Crippen LogP contribution in [0, 0.1) is 11.8 Å². The molecule has 2 heterocycles. The third-order valence-corrected chi connectivity index (χ3v) is 7.50. The molecule has 2 aliphatic rings. The maximum absolute atomic E-state index is 13.3. The molecule has 3 unspecified atom stereocenters. The van der Waals surface area contributed by atoms with Crippen LogP contribution < -0.4 is 15.8 Å². The first kappa shape index (κ1) is 21.8. The van der Waals surface area contributed by atoms with Crippen molar-refractivity contribution in [3.63, 3.8) is 0 Å². The Morgan fingerprint density at radius 1 is 1.13 bits per heavy atom. The Kier molecular flexibility index (Phi) is 6.35. The Morgan fingerprint density at radius 3 is 2.58 bits per heavy atom. The summed E-state index contributed by atoms with van der Waals surface area (Å²) in [4.78, 5) is 32.6. The molecule has 2 saturated carbocycles. The van der Waals surface area contributed by atoms with Crippen molar-refractivity contribution in [3.8, 4) is 0 Å². The van der Waals surface area contributed by atoms with Crippen molar-refractivity contribution in [3.05, 3.63) is 34.2 Å². The number of fused-ring (bicyclic) bond motifs is 1. The summed E-state index contributed by atoms with van der Waals surface area (Å²) < 4.78 is 1.76. The van der Waals surface area contributed by atoms with Gasteiger partial charge in [-0.2, -0.15) is 0 Å². The molecule has 1 amide bonds. The van der Waals surface area contributed by atoms with Gasteiger partial charge in [-0.3, -0.25) is 9.59 Å². The summed E-state index contributed by atoms with van der Waals surface area (Å²) in [5.74, 6) is 1.82.